The van der Waals surface area contributed by atoms with Crippen LogP contribution in [-0.2, 0) is 11.2 Å². The van der Waals surface area contributed by atoms with Crippen molar-refractivity contribution >= 4 is 5.91 Å². The van der Waals surface area contributed by atoms with Crippen LogP contribution in [-0.4, -0.2) is 27.7 Å². The topological polar surface area (TPSA) is 88.2 Å². The first kappa shape index (κ1) is 17.1. The number of hydrogen-bond donors (Lipinski definition) is 2. The number of rotatable bonds is 7. The molecule has 0 aliphatic carbocycles. The molecule has 0 radical (unpaired) electrons. The van der Waals surface area contributed by atoms with E-state index in [9.17, 15) is 9.90 Å². The number of aliphatic hydroxyl groups is 1. The van der Waals surface area contributed by atoms with Crippen molar-refractivity contribution in [1.82, 2.24) is 15.5 Å². The zero-order valence-electron chi connectivity index (χ0n) is 13.7. The highest BCUT2D eigenvalue weighted by molar-refractivity contribution is 5.76. The lowest BCUT2D eigenvalue weighted by atomic mass is 10.0. The third kappa shape index (κ3) is 4.89. The van der Waals surface area contributed by atoms with E-state index >= 15 is 0 Å². The molecule has 6 heteroatoms. The minimum atomic E-state index is -0.712. The molecule has 124 valence electrons. The van der Waals surface area contributed by atoms with E-state index in [1.165, 1.54) is 0 Å². The van der Waals surface area contributed by atoms with Crippen LogP contribution in [0.1, 0.15) is 55.1 Å². The number of aryl methyl sites for hydroxylation is 2. The van der Waals surface area contributed by atoms with E-state index in [0.29, 0.717) is 18.1 Å². The van der Waals surface area contributed by atoms with Crippen LogP contribution in [0.3, 0.4) is 0 Å². The number of nitrogens with one attached hydrogen (secondary N) is 1. The number of amides is 1. The fourth-order valence-corrected chi connectivity index (χ4v) is 2.19. The number of nitrogens with zero attached hydrogens (tertiary/aromatic N) is 2. The molecule has 2 N–H and O–H groups in total. The van der Waals surface area contributed by atoms with E-state index in [1.54, 1.807) is 0 Å². The van der Waals surface area contributed by atoms with Gasteiger partial charge in [-0.05, 0) is 18.1 Å². The van der Waals surface area contributed by atoms with Gasteiger partial charge < -0.3 is 14.9 Å². The Morgan fingerprint density at radius 1 is 1.35 bits per heavy atom. The van der Waals surface area contributed by atoms with Crippen LogP contribution in [0.15, 0.2) is 28.8 Å². The number of aliphatic hydroxyl groups excluding tert-OH is 1. The van der Waals surface area contributed by atoms with Gasteiger partial charge in [-0.3, -0.25) is 4.79 Å². The van der Waals surface area contributed by atoms with E-state index in [2.05, 4.69) is 15.5 Å². The van der Waals surface area contributed by atoms with Crippen LogP contribution in [0.5, 0.6) is 0 Å². The maximum atomic E-state index is 11.9. The van der Waals surface area contributed by atoms with Crippen molar-refractivity contribution in [3.8, 4) is 0 Å². The summed E-state index contributed by atoms with van der Waals surface area (Å²) in [6, 6.07) is 7.58. The lowest BCUT2D eigenvalue weighted by Crippen LogP contribution is -2.28. The van der Waals surface area contributed by atoms with Gasteiger partial charge in [-0.2, -0.15) is 4.98 Å². The summed E-state index contributed by atoms with van der Waals surface area (Å²) in [5, 5.41) is 16.7. The third-order valence-corrected chi connectivity index (χ3v) is 3.61. The second-order valence-electron chi connectivity index (χ2n) is 5.88. The molecule has 0 aliphatic heterocycles. The quantitative estimate of drug-likeness (QED) is 0.818. The molecule has 0 fully saturated rings. The molecule has 0 saturated carbocycles. The third-order valence-electron chi connectivity index (χ3n) is 3.61. The summed E-state index contributed by atoms with van der Waals surface area (Å²) >= 11 is 0. The maximum Gasteiger partial charge on any atom is 0.227 e. The smallest absolute Gasteiger partial charge is 0.227 e. The molecular formula is C17H23N3O3. The summed E-state index contributed by atoms with van der Waals surface area (Å²) in [6.07, 6.45) is -0.0669. The zero-order valence-corrected chi connectivity index (χ0v) is 13.7. The van der Waals surface area contributed by atoms with Gasteiger partial charge in [0, 0.05) is 25.3 Å². The molecule has 1 heterocycles. The summed E-state index contributed by atoms with van der Waals surface area (Å²) in [4.78, 5) is 16.1. The van der Waals surface area contributed by atoms with E-state index in [-0.39, 0.29) is 24.8 Å². The molecule has 0 bridgehead atoms. The van der Waals surface area contributed by atoms with Crippen LogP contribution in [0, 0.1) is 6.92 Å². The van der Waals surface area contributed by atoms with Gasteiger partial charge in [-0.15, -0.1) is 0 Å². The number of carbonyl (C=O) groups is 1. The fourth-order valence-electron chi connectivity index (χ4n) is 2.19. The number of carbonyl (C=O) groups excluding carboxylic acids is 1. The molecule has 6 nitrogen and oxygen atoms in total. The summed E-state index contributed by atoms with van der Waals surface area (Å²) in [5.74, 6) is 1.16. The van der Waals surface area contributed by atoms with E-state index < -0.39 is 6.10 Å². The van der Waals surface area contributed by atoms with Gasteiger partial charge in [0.05, 0.1) is 6.10 Å². The van der Waals surface area contributed by atoms with Crippen molar-refractivity contribution in [3.63, 3.8) is 0 Å². The van der Waals surface area contributed by atoms with Gasteiger partial charge in [0.1, 0.15) is 0 Å². The number of benzene rings is 1. The predicted molar refractivity (Wildman–Crippen MR) is 85.9 cm³/mol. The Labute approximate surface area is 135 Å². The van der Waals surface area contributed by atoms with Gasteiger partial charge in [-0.25, -0.2) is 0 Å². The highest BCUT2D eigenvalue weighted by Gasteiger charge is 2.13. The largest absolute Gasteiger partial charge is 0.387 e. The van der Waals surface area contributed by atoms with Crippen LogP contribution in [0.4, 0.5) is 0 Å². The SMILES string of the molecule is Cc1ccccc1C(O)CNC(=O)CCc1nc(C(C)C)no1. The van der Waals surface area contributed by atoms with Crippen molar-refractivity contribution in [2.24, 2.45) is 0 Å². The lowest BCUT2D eigenvalue weighted by Gasteiger charge is -2.14. The zero-order chi connectivity index (χ0) is 16.8. The first-order chi connectivity index (χ1) is 11.0. The molecule has 1 amide bonds. The highest BCUT2D eigenvalue weighted by Crippen LogP contribution is 2.16. The van der Waals surface area contributed by atoms with Gasteiger partial charge in [0.15, 0.2) is 5.82 Å². The van der Waals surface area contributed by atoms with Crippen LogP contribution in [0.2, 0.25) is 0 Å². The Hall–Kier alpha value is -2.21. The van der Waals surface area contributed by atoms with E-state index in [1.807, 2.05) is 45.0 Å². The summed E-state index contributed by atoms with van der Waals surface area (Å²) < 4.78 is 5.10. The molecule has 1 aromatic carbocycles. The summed E-state index contributed by atoms with van der Waals surface area (Å²) in [7, 11) is 0. The molecule has 1 unspecified atom stereocenters. The fraction of sp³-hybridized carbons (Fsp3) is 0.471. The summed E-state index contributed by atoms with van der Waals surface area (Å²) in [5.41, 5.74) is 1.83. The van der Waals surface area contributed by atoms with Gasteiger partial charge in [0.2, 0.25) is 11.8 Å². The Kier molecular flexibility index (Phi) is 5.87. The molecule has 0 aliphatic rings. The van der Waals surface area contributed by atoms with Gasteiger partial charge in [0.25, 0.3) is 0 Å². The molecule has 23 heavy (non-hydrogen) atoms. The van der Waals surface area contributed by atoms with Gasteiger partial charge in [-0.1, -0.05) is 43.3 Å². The molecule has 0 saturated heterocycles. The Morgan fingerprint density at radius 2 is 2.09 bits per heavy atom. The molecule has 2 rings (SSSR count). The first-order valence-corrected chi connectivity index (χ1v) is 7.80. The average molecular weight is 317 g/mol. The van der Waals surface area contributed by atoms with E-state index in [4.69, 9.17) is 4.52 Å². The molecular weight excluding hydrogens is 294 g/mol. The van der Waals surface area contributed by atoms with Crippen LogP contribution in [0.25, 0.3) is 0 Å². The molecule has 2 aromatic rings. The average Bonchev–Trinajstić information content (AvgIpc) is 3.00. The van der Waals surface area contributed by atoms with Crippen LogP contribution < -0.4 is 5.32 Å². The minimum absolute atomic E-state index is 0.151. The Balaban J connectivity index is 1.77. The Bertz CT molecular complexity index is 652. The standard InChI is InChI=1S/C17H23N3O3/c1-11(2)17-19-16(23-20-17)9-8-15(22)18-10-14(21)13-7-5-4-6-12(13)3/h4-7,11,14,21H,8-10H2,1-3H3,(H,18,22). The van der Waals surface area contributed by atoms with Crippen molar-refractivity contribution in [2.45, 2.75) is 45.6 Å². The number of aromatic nitrogens is 2. The van der Waals surface area contributed by atoms with E-state index in [0.717, 1.165) is 11.1 Å². The highest BCUT2D eigenvalue weighted by atomic mass is 16.5. The van der Waals surface area contributed by atoms with Crippen LogP contribution >= 0.6 is 0 Å². The summed E-state index contributed by atoms with van der Waals surface area (Å²) in [6.45, 7) is 6.08. The second-order valence-corrected chi connectivity index (χ2v) is 5.88. The lowest BCUT2D eigenvalue weighted by molar-refractivity contribution is -0.121. The van der Waals surface area contributed by atoms with Gasteiger partial charge >= 0.3 is 0 Å². The molecule has 1 atom stereocenters. The Morgan fingerprint density at radius 3 is 2.74 bits per heavy atom. The van der Waals surface area contributed by atoms with Crippen molar-refractivity contribution in [1.29, 1.82) is 0 Å². The minimum Gasteiger partial charge on any atom is -0.387 e. The number of hydrogen-bond acceptors (Lipinski definition) is 5. The second kappa shape index (κ2) is 7.87. The molecule has 1 aromatic heterocycles. The monoisotopic (exact) mass is 317 g/mol. The van der Waals surface area contributed by atoms with Crippen molar-refractivity contribution < 1.29 is 14.4 Å². The maximum absolute atomic E-state index is 11.9. The van der Waals surface area contributed by atoms with Crippen molar-refractivity contribution in [2.75, 3.05) is 6.54 Å². The van der Waals surface area contributed by atoms with Crippen molar-refractivity contribution in [3.05, 3.63) is 47.1 Å². The normalized spacial score (nSPS) is 12.4. The predicted octanol–water partition coefficient (Wildman–Crippen LogP) is 2.28. The molecule has 0 spiro atoms. The first-order valence-electron chi connectivity index (χ1n) is 7.80.